The summed E-state index contributed by atoms with van der Waals surface area (Å²) in [5.41, 5.74) is 18.8. The van der Waals surface area contributed by atoms with Crippen LogP contribution in [0.25, 0.3) is 33.4 Å². The molecule has 40 heavy (non-hydrogen) atoms. The Kier molecular flexibility index (Phi) is 3.65. The van der Waals surface area contributed by atoms with Gasteiger partial charge in [-0.3, -0.25) is 0 Å². The summed E-state index contributed by atoms with van der Waals surface area (Å²) >= 11 is 0. The quantitative estimate of drug-likeness (QED) is 0.193. The molecule has 0 unspecified atom stereocenters. The zero-order valence-electron chi connectivity index (χ0n) is 21.9. The van der Waals surface area contributed by atoms with Crippen molar-refractivity contribution in [3.8, 4) is 22.3 Å². The highest BCUT2D eigenvalue weighted by atomic mass is 14.6. The second-order valence-electron chi connectivity index (χ2n) is 11.5. The van der Waals surface area contributed by atoms with Crippen molar-refractivity contribution in [2.75, 3.05) is 0 Å². The molecule has 2 spiro atoms. The van der Waals surface area contributed by atoms with Crippen LogP contribution in [0.15, 0.2) is 146 Å². The molecule has 0 fully saturated rings. The van der Waals surface area contributed by atoms with Crippen molar-refractivity contribution in [1.29, 1.82) is 0 Å². The first kappa shape index (κ1) is 21.0. The number of hydrogen-bond acceptors (Lipinski definition) is 0. The lowest BCUT2D eigenvalue weighted by atomic mass is 9.66. The minimum atomic E-state index is -0.356. The van der Waals surface area contributed by atoms with Crippen LogP contribution in [-0.2, 0) is 10.8 Å². The monoisotopic (exact) mass is 504 g/mol. The largest absolute Gasteiger partial charge is 0.0728 e. The lowest BCUT2D eigenvalue weighted by molar-refractivity contribution is 0.826. The molecule has 0 nitrogen and oxygen atoms in total. The van der Waals surface area contributed by atoms with Crippen LogP contribution in [-0.4, -0.2) is 0 Å². The number of benzene rings is 6. The van der Waals surface area contributed by atoms with E-state index in [0.717, 1.165) is 0 Å². The molecule has 0 bridgehead atoms. The van der Waals surface area contributed by atoms with Crippen LogP contribution >= 0.6 is 0 Å². The lowest BCUT2D eigenvalue weighted by Crippen LogP contribution is -2.28. The van der Waals surface area contributed by atoms with Crippen LogP contribution in [0.5, 0.6) is 0 Å². The molecule has 0 saturated heterocycles. The first-order chi connectivity index (χ1) is 19.9. The maximum absolute atomic E-state index is 2.40. The molecule has 0 aliphatic heterocycles. The van der Waals surface area contributed by atoms with E-state index in [0.29, 0.717) is 0 Å². The second kappa shape index (κ2) is 6.97. The first-order valence-electron chi connectivity index (χ1n) is 14.2. The molecule has 184 valence electrons. The van der Waals surface area contributed by atoms with Gasteiger partial charge in [-0.15, -0.1) is 0 Å². The Hall–Kier alpha value is -4.94. The van der Waals surface area contributed by atoms with E-state index in [1.54, 1.807) is 0 Å². The fraction of sp³-hybridized carbons (Fsp3) is 0.0500. The Morgan fingerprint density at radius 1 is 0.225 bits per heavy atom. The molecule has 0 radical (unpaired) electrons. The van der Waals surface area contributed by atoms with Crippen molar-refractivity contribution in [1.82, 2.24) is 0 Å². The highest BCUT2D eigenvalue weighted by Gasteiger charge is 2.63. The van der Waals surface area contributed by atoms with E-state index < -0.39 is 0 Å². The lowest BCUT2D eigenvalue weighted by Gasteiger charge is -2.34. The molecule has 6 aromatic carbocycles. The molecular formula is C40H24. The molecular weight excluding hydrogens is 480 g/mol. The average molecular weight is 505 g/mol. The summed E-state index contributed by atoms with van der Waals surface area (Å²) in [6, 6.07) is 55.0. The minimum absolute atomic E-state index is 0.356. The normalized spacial score (nSPS) is 16.8. The zero-order valence-corrected chi connectivity index (χ0v) is 21.9. The average Bonchev–Trinajstić information content (AvgIpc) is 3.70. The van der Waals surface area contributed by atoms with Gasteiger partial charge in [-0.25, -0.2) is 0 Å². The molecule has 0 heterocycles. The minimum Gasteiger partial charge on any atom is -0.0619 e. The van der Waals surface area contributed by atoms with Crippen LogP contribution < -0.4 is 0 Å². The van der Waals surface area contributed by atoms with E-state index in [4.69, 9.17) is 0 Å². The van der Waals surface area contributed by atoms with Gasteiger partial charge in [0.05, 0.1) is 10.8 Å². The smallest absolute Gasteiger partial charge is 0.0619 e. The molecule has 0 heteroatoms. The summed E-state index contributed by atoms with van der Waals surface area (Å²) in [5, 5.41) is 0. The topological polar surface area (TPSA) is 0 Å². The van der Waals surface area contributed by atoms with Crippen LogP contribution in [0, 0.1) is 0 Å². The van der Waals surface area contributed by atoms with Gasteiger partial charge in [-0.1, -0.05) is 146 Å². The fourth-order valence-electron chi connectivity index (χ4n) is 8.96. The third-order valence-electron chi connectivity index (χ3n) is 10.1. The molecule has 0 N–H and O–H groups in total. The molecule has 6 aromatic rings. The predicted molar refractivity (Wildman–Crippen MR) is 163 cm³/mol. The van der Waals surface area contributed by atoms with E-state index in [1.807, 2.05) is 0 Å². The Labute approximate surface area is 233 Å². The van der Waals surface area contributed by atoms with Gasteiger partial charge in [0, 0.05) is 0 Å². The summed E-state index contributed by atoms with van der Waals surface area (Å²) in [4.78, 5) is 0. The van der Waals surface area contributed by atoms with Gasteiger partial charge in [0.25, 0.3) is 0 Å². The number of hydrogen-bond donors (Lipinski definition) is 0. The second-order valence-corrected chi connectivity index (χ2v) is 11.5. The van der Waals surface area contributed by atoms with Crippen molar-refractivity contribution in [2.24, 2.45) is 0 Å². The first-order valence-corrected chi connectivity index (χ1v) is 14.2. The van der Waals surface area contributed by atoms with Gasteiger partial charge in [0.2, 0.25) is 0 Å². The van der Waals surface area contributed by atoms with Crippen molar-refractivity contribution in [3.05, 3.63) is 190 Å². The van der Waals surface area contributed by atoms with Crippen LogP contribution in [0.4, 0.5) is 0 Å². The third kappa shape index (κ3) is 2.04. The fourth-order valence-corrected chi connectivity index (χ4v) is 8.96. The van der Waals surface area contributed by atoms with Crippen molar-refractivity contribution in [2.45, 2.75) is 10.8 Å². The highest BCUT2D eigenvalue weighted by Crippen LogP contribution is 2.74. The van der Waals surface area contributed by atoms with Gasteiger partial charge in [-0.05, 0) is 77.9 Å². The highest BCUT2D eigenvalue weighted by molar-refractivity contribution is 6.19. The van der Waals surface area contributed by atoms with E-state index in [-0.39, 0.29) is 10.8 Å². The van der Waals surface area contributed by atoms with E-state index in [9.17, 15) is 0 Å². The van der Waals surface area contributed by atoms with Gasteiger partial charge in [-0.2, -0.15) is 0 Å². The Morgan fingerprint density at radius 3 is 0.700 bits per heavy atom. The Bertz CT molecular complexity index is 1880. The molecule has 4 aliphatic carbocycles. The number of fused-ring (bicyclic) bond motifs is 18. The van der Waals surface area contributed by atoms with E-state index in [2.05, 4.69) is 146 Å². The van der Waals surface area contributed by atoms with E-state index in [1.165, 1.54) is 77.9 Å². The summed E-state index contributed by atoms with van der Waals surface area (Å²) in [6.07, 6.45) is 0. The van der Waals surface area contributed by atoms with Crippen LogP contribution in [0.2, 0.25) is 0 Å². The van der Waals surface area contributed by atoms with Crippen molar-refractivity contribution in [3.63, 3.8) is 0 Å². The molecule has 0 aromatic heterocycles. The van der Waals surface area contributed by atoms with Crippen LogP contribution in [0.3, 0.4) is 0 Å². The summed E-state index contributed by atoms with van der Waals surface area (Å²) < 4.78 is 0. The molecule has 0 atom stereocenters. The maximum Gasteiger partial charge on any atom is 0.0728 e. The van der Waals surface area contributed by atoms with Gasteiger partial charge in [0.1, 0.15) is 0 Å². The number of allylic oxidation sites excluding steroid dienone is 2. The van der Waals surface area contributed by atoms with Gasteiger partial charge < -0.3 is 0 Å². The maximum atomic E-state index is 2.40. The third-order valence-corrected chi connectivity index (χ3v) is 10.1. The molecule has 10 rings (SSSR count). The Balaban J connectivity index is 1.48. The summed E-state index contributed by atoms with van der Waals surface area (Å²) in [7, 11) is 0. The van der Waals surface area contributed by atoms with Crippen LogP contribution in [0.1, 0.15) is 44.5 Å². The van der Waals surface area contributed by atoms with Gasteiger partial charge in [0.15, 0.2) is 0 Å². The Morgan fingerprint density at radius 2 is 0.425 bits per heavy atom. The van der Waals surface area contributed by atoms with Crippen molar-refractivity contribution < 1.29 is 0 Å². The predicted octanol–water partition coefficient (Wildman–Crippen LogP) is 9.25. The zero-order chi connectivity index (χ0) is 26.1. The number of rotatable bonds is 0. The molecule has 4 aliphatic rings. The molecule has 0 saturated carbocycles. The van der Waals surface area contributed by atoms with Crippen molar-refractivity contribution >= 4 is 11.1 Å². The summed E-state index contributed by atoms with van der Waals surface area (Å²) in [5.74, 6) is 0. The summed E-state index contributed by atoms with van der Waals surface area (Å²) in [6.45, 7) is 0. The van der Waals surface area contributed by atoms with E-state index >= 15 is 0 Å². The molecule has 0 amide bonds. The van der Waals surface area contributed by atoms with Gasteiger partial charge >= 0.3 is 0 Å². The SMILES string of the molecule is c1ccc2c(c1)C1=C(c3ccccc3C13c1ccccc1-c1ccccc13)C21c2ccccc2-c2ccccc21. The standard InChI is InChI=1S/C40H24/c1-7-19-31-25(13-1)26-14-2-8-20-32(26)39(31)35-23-11-5-17-29(35)38-37(39)30-18-6-12-24-36(30)40(38)33-21-9-3-15-27(33)28-16-4-10-22-34(28)40/h1-24H.